The van der Waals surface area contributed by atoms with Crippen molar-refractivity contribution in [2.75, 3.05) is 19.6 Å². The van der Waals surface area contributed by atoms with Crippen LogP contribution in [0, 0.1) is 11.7 Å². The lowest BCUT2D eigenvalue weighted by Crippen LogP contribution is -2.48. The fraction of sp³-hybridized carbons (Fsp3) is 0.375. The SMILES string of the molecule is CCc1c(C(=O)NCC2CNC2)cnn1-c1ccc(F)cc1. The molecule has 6 heteroatoms. The summed E-state index contributed by atoms with van der Waals surface area (Å²) in [6, 6.07) is 6.09. The quantitative estimate of drug-likeness (QED) is 0.880. The van der Waals surface area contributed by atoms with Crippen molar-refractivity contribution in [1.82, 2.24) is 20.4 Å². The molecule has 0 radical (unpaired) electrons. The number of halogens is 1. The molecule has 1 aromatic heterocycles. The van der Waals surface area contributed by atoms with Crippen molar-refractivity contribution in [1.29, 1.82) is 0 Å². The molecule has 1 aromatic carbocycles. The van der Waals surface area contributed by atoms with Crippen LogP contribution in [0.3, 0.4) is 0 Å². The second kappa shape index (κ2) is 6.27. The minimum Gasteiger partial charge on any atom is -0.352 e. The highest BCUT2D eigenvalue weighted by Gasteiger charge is 2.20. The maximum Gasteiger partial charge on any atom is 0.254 e. The molecule has 1 fully saturated rings. The van der Waals surface area contributed by atoms with Crippen molar-refractivity contribution in [3.63, 3.8) is 0 Å². The molecule has 2 heterocycles. The molecule has 1 saturated heterocycles. The van der Waals surface area contributed by atoms with E-state index >= 15 is 0 Å². The minimum absolute atomic E-state index is 0.0999. The lowest BCUT2D eigenvalue weighted by molar-refractivity contribution is 0.0941. The Bertz CT molecular complexity index is 661. The van der Waals surface area contributed by atoms with E-state index in [0.717, 1.165) is 24.5 Å². The molecule has 116 valence electrons. The van der Waals surface area contributed by atoms with E-state index < -0.39 is 0 Å². The predicted molar refractivity (Wildman–Crippen MR) is 81.6 cm³/mol. The molecule has 1 aliphatic rings. The first-order valence-corrected chi connectivity index (χ1v) is 7.50. The minimum atomic E-state index is -0.291. The zero-order valence-electron chi connectivity index (χ0n) is 12.5. The Balaban J connectivity index is 1.80. The van der Waals surface area contributed by atoms with E-state index in [0.29, 0.717) is 24.4 Å². The first-order chi connectivity index (χ1) is 10.7. The van der Waals surface area contributed by atoms with Gasteiger partial charge in [0.25, 0.3) is 5.91 Å². The summed E-state index contributed by atoms with van der Waals surface area (Å²) >= 11 is 0. The lowest BCUT2D eigenvalue weighted by Gasteiger charge is -2.27. The fourth-order valence-corrected chi connectivity index (χ4v) is 2.53. The van der Waals surface area contributed by atoms with Gasteiger partial charge in [0.2, 0.25) is 0 Å². The van der Waals surface area contributed by atoms with Crippen molar-refractivity contribution in [3.8, 4) is 5.69 Å². The van der Waals surface area contributed by atoms with Crippen LogP contribution < -0.4 is 10.6 Å². The van der Waals surface area contributed by atoms with Gasteiger partial charge in [0.1, 0.15) is 5.82 Å². The monoisotopic (exact) mass is 302 g/mol. The first-order valence-electron chi connectivity index (χ1n) is 7.50. The van der Waals surface area contributed by atoms with Gasteiger partial charge in [0.05, 0.1) is 23.1 Å². The molecule has 0 spiro atoms. The normalized spacial score (nSPS) is 14.6. The topological polar surface area (TPSA) is 59.0 Å². The molecule has 22 heavy (non-hydrogen) atoms. The van der Waals surface area contributed by atoms with Crippen LogP contribution in [-0.4, -0.2) is 35.3 Å². The van der Waals surface area contributed by atoms with Gasteiger partial charge in [-0.25, -0.2) is 9.07 Å². The highest BCUT2D eigenvalue weighted by molar-refractivity contribution is 5.95. The number of aromatic nitrogens is 2. The van der Waals surface area contributed by atoms with E-state index in [1.165, 1.54) is 12.1 Å². The zero-order chi connectivity index (χ0) is 15.5. The second-order valence-corrected chi connectivity index (χ2v) is 5.48. The zero-order valence-corrected chi connectivity index (χ0v) is 12.5. The number of carbonyl (C=O) groups is 1. The molecule has 5 nitrogen and oxygen atoms in total. The molecular formula is C16H19FN4O. The van der Waals surface area contributed by atoms with Crippen LogP contribution in [0.1, 0.15) is 23.0 Å². The Morgan fingerprint density at radius 1 is 1.41 bits per heavy atom. The number of rotatable bonds is 5. The summed E-state index contributed by atoms with van der Waals surface area (Å²) in [6.45, 7) is 4.56. The average Bonchev–Trinajstić information content (AvgIpc) is 2.90. The van der Waals surface area contributed by atoms with Crippen LogP contribution in [0.25, 0.3) is 5.69 Å². The smallest absolute Gasteiger partial charge is 0.254 e. The van der Waals surface area contributed by atoms with Gasteiger partial charge in [-0.15, -0.1) is 0 Å². The molecule has 0 unspecified atom stereocenters. The summed E-state index contributed by atoms with van der Waals surface area (Å²) in [5.74, 6) is 0.124. The van der Waals surface area contributed by atoms with Gasteiger partial charge >= 0.3 is 0 Å². The molecular weight excluding hydrogens is 283 g/mol. The Hall–Kier alpha value is -2.21. The summed E-state index contributed by atoms with van der Waals surface area (Å²) < 4.78 is 14.7. The van der Waals surface area contributed by atoms with Gasteiger partial charge in [-0.1, -0.05) is 6.92 Å². The average molecular weight is 302 g/mol. The third-order valence-electron chi connectivity index (χ3n) is 3.94. The lowest BCUT2D eigenvalue weighted by atomic mass is 10.0. The van der Waals surface area contributed by atoms with Gasteiger partial charge in [-0.2, -0.15) is 5.10 Å². The summed E-state index contributed by atoms with van der Waals surface area (Å²) in [6.07, 6.45) is 2.25. The first kappa shape index (κ1) is 14.7. The standard InChI is InChI=1S/C16H19FN4O/c1-2-15-14(16(22)19-9-11-7-18-8-11)10-20-21(15)13-5-3-12(17)4-6-13/h3-6,10-11,18H,2,7-9H2,1H3,(H,19,22). The largest absolute Gasteiger partial charge is 0.352 e. The van der Waals surface area contributed by atoms with E-state index in [2.05, 4.69) is 15.7 Å². The summed E-state index contributed by atoms with van der Waals surface area (Å²) in [4.78, 5) is 12.3. The van der Waals surface area contributed by atoms with Crippen molar-refractivity contribution in [2.45, 2.75) is 13.3 Å². The van der Waals surface area contributed by atoms with Gasteiger partial charge in [-0.05, 0) is 30.7 Å². The molecule has 0 atom stereocenters. The van der Waals surface area contributed by atoms with E-state index in [-0.39, 0.29) is 11.7 Å². The van der Waals surface area contributed by atoms with Crippen LogP contribution in [-0.2, 0) is 6.42 Å². The van der Waals surface area contributed by atoms with Crippen molar-refractivity contribution in [3.05, 3.63) is 47.5 Å². The number of carbonyl (C=O) groups excluding carboxylic acids is 1. The Kier molecular flexibility index (Phi) is 4.20. The van der Waals surface area contributed by atoms with Crippen molar-refractivity contribution < 1.29 is 9.18 Å². The number of benzene rings is 1. The number of nitrogens with one attached hydrogen (secondary N) is 2. The Morgan fingerprint density at radius 2 is 2.14 bits per heavy atom. The van der Waals surface area contributed by atoms with Gasteiger partial charge in [-0.3, -0.25) is 4.79 Å². The summed E-state index contributed by atoms with van der Waals surface area (Å²) in [5, 5.41) is 10.4. The van der Waals surface area contributed by atoms with E-state index in [1.807, 2.05) is 6.92 Å². The van der Waals surface area contributed by atoms with Gasteiger partial charge in [0.15, 0.2) is 0 Å². The summed E-state index contributed by atoms with van der Waals surface area (Å²) in [5.41, 5.74) is 2.16. The highest BCUT2D eigenvalue weighted by Crippen LogP contribution is 2.16. The molecule has 0 saturated carbocycles. The highest BCUT2D eigenvalue weighted by atomic mass is 19.1. The number of nitrogens with zero attached hydrogens (tertiary/aromatic N) is 2. The number of hydrogen-bond acceptors (Lipinski definition) is 3. The third-order valence-corrected chi connectivity index (χ3v) is 3.94. The van der Waals surface area contributed by atoms with Gasteiger partial charge in [0, 0.05) is 25.6 Å². The maximum absolute atomic E-state index is 13.0. The Labute approximate surface area is 128 Å². The van der Waals surface area contributed by atoms with Crippen LogP contribution in [0.5, 0.6) is 0 Å². The summed E-state index contributed by atoms with van der Waals surface area (Å²) in [7, 11) is 0. The van der Waals surface area contributed by atoms with E-state index in [9.17, 15) is 9.18 Å². The van der Waals surface area contributed by atoms with Crippen LogP contribution in [0.2, 0.25) is 0 Å². The number of hydrogen-bond donors (Lipinski definition) is 2. The van der Waals surface area contributed by atoms with Crippen LogP contribution >= 0.6 is 0 Å². The predicted octanol–water partition coefficient (Wildman–Crippen LogP) is 1.52. The third kappa shape index (κ3) is 2.87. The van der Waals surface area contributed by atoms with Crippen molar-refractivity contribution >= 4 is 5.91 Å². The fourth-order valence-electron chi connectivity index (χ4n) is 2.53. The Morgan fingerprint density at radius 3 is 2.73 bits per heavy atom. The molecule has 2 aromatic rings. The molecule has 1 amide bonds. The molecule has 3 rings (SSSR count). The molecule has 2 N–H and O–H groups in total. The van der Waals surface area contributed by atoms with Crippen LogP contribution in [0.15, 0.2) is 30.5 Å². The second-order valence-electron chi connectivity index (χ2n) is 5.48. The van der Waals surface area contributed by atoms with Crippen LogP contribution in [0.4, 0.5) is 4.39 Å². The molecule has 0 bridgehead atoms. The maximum atomic E-state index is 13.0. The van der Waals surface area contributed by atoms with E-state index in [4.69, 9.17) is 0 Å². The van der Waals surface area contributed by atoms with E-state index in [1.54, 1.807) is 23.0 Å². The van der Waals surface area contributed by atoms with Crippen molar-refractivity contribution in [2.24, 2.45) is 5.92 Å². The molecule has 0 aliphatic carbocycles. The number of amides is 1. The van der Waals surface area contributed by atoms with Gasteiger partial charge < -0.3 is 10.6 Å². The molecule has 1 aliphatic heterocycles.